The quantitative estimate of drug-likeness (QED) is 0.553. The summed E-state index contributed by atoms with van der Waals surface area (Å²) in [5.41, 5.74) is -0.0178. The first-order valence-corrected chi connectivity index (χ1v) is 4.16. The maximum absolute atomic E-state index is 13.1. The Morgan fingerprint density at radius 1 is 1.08 bits per heavy atom. The molecule has 0 saturated carbocycles. The summed E-state index contributed by atoms with van der Waals surface area (Å²) >= 11 is 2.73. The van der Waals surface area contributed by atoms with Crippen LogP contribution in [0.2, 0.25) is 0 Å². The Morgan fingerprint density at radius 2 is 1.62 bits per heavy atom. The normalized spacial score (nSPS) is 10.3. The molecule has 0 atom stereocenters. The average Bonchev–Trinajstić information content (AvgIpc) is 2.13. The molecule has 5 heteroatoms. The van der Waals surface area contributed by atoms with Crippen LogP contribution in [0.4, 0.5) is 13.2 Å². The Labute approximate surface area is 81.6 Å². The molecule has 13 heavy (non-hydrogen) atoms. The number of benzene rings is 1. The fraction of sp³-hybridized carbons (Fsp3) is 0.250. The van der Waals surface area contributed by atoms with E-state index in [1.165, 1.54) is 6.92 Å². The predicted molar refractivity (Wildman–Crippen MR) is 45.3 cm³/mol. The summed E-state index contributed by atoms with van der Waals surface area (Å²) in [7, 11) is 1.08. The third-order valence-electron chi connectivity index (χ3n) is 1.65. The summed E-state index contributed by atoms with van der Waals surface area (Å²) in [6, 6.07) is 0. The van der Waals surface area contributed by atoms with Gasteiger partial charge in [0.05, 0.1) is 11.6 Å². The van der Waals surface area contributed by atoms with E-state index >= 15 is 0 Å². The molecule has 0 aliphatic rings. The molecule has 0 aliphatic heterocycles. The second-order valence-electron chi connectivity index (χ2n) is 2.41. The van der Waals surface area contributed by atoms with Gasteiger partial charge in [0.1, 0.15) is 0 Å². The van der Waals surface area contributed by atoms with Crippen molar-refractivity contribution in [2.75, 3.05) is 7.11 Å². The molecule has 0 N–H and O–H groups in total. The fourth-order valence-electron chi connectivity index (χ4n) is 0.903. The minimum Gasteiger partial charge on any atom is -0.491 e. The minimum absolute atomic E-state index is 0.0178. The molecule has 0 fully saturated rings. The van der Waals surface area contributed by atoms with Gasteiger partial charge >= 0.3 is 0 Å². The molecular formula is C8H6BrF3O. The van der Waals surface area contributed by atoms with E-state index in [1.807, 2.05) is 0 Å². The molecule has 0 unspecified atom stereocenters. The molecule has 72 valence electrons. The van der Waals surface area contributed by atoms with Crippen molar-refractivity contribution in [1.82, 2.24) is 0 Å². The van der Waals surface area contributed by atoms with Crippen molar-refractivity contribution in [3.63, 3.8) is 0 Å². The average molecular weight is 255 g/mol. The summed E-state index contributed by atoms with van der Waals surface area (Å²) in [6.45, 7) is 1.32. The van der Waals surface area contributed by atoms with E-state index in [-0.39, 0.29) is 10.0 Å². The highest BCUT2D eigenvalue weighted by atomic mass is 79.9. The molecule has 0 heterocycles. The first kappa shape index (κ1) is 10.4. The van der Waals surface area contributed by atoms with Crippen molar-refractivity contribution >= 4 is 15.9 Å². The number of hydrogen-bond donors (Lipinski definition) is 0. The van der Waals surface area contributed by atoms with Crippen LogP contribution in [0.5, 0.6) is 5.75 Å². The van der Waals surface area contributed by atoms with Gasteiger partial charge in [-0.1, -0.05) is 0 Å². The van der Waals surface area contributed by atoms with Gasteiger partial charge in [-0.15, -0.1) is 0 Å². The molecule has 0 aromatic heterocycles. The highest BCUT2D eigenvalue weighted by molar-refractivity contribution is 9.10. The van der Waals surface area contributed by atoms with Gasteiger partial charge in [-0.05, 0) is 22.9 Å². The van der Waals surface area contributed by atoms with Crippen molar-refractivity contribution in [2.24, 2.45) is 0 Å². The number of rotatable bonds is 1. The van der Waals surface area contributed by atoms with Crippen LogP contribution < -0.4 is 4.74 Å². The van der Waals surface area contributed by atoms with Crippen LogP contribution in [-0.4, -0.2) is 7.11 Å². The Balaban J connectivity index is 3.56. The van der Waals surface area contributed by atoms with Crippen LogP contribution in [0.25, 0.3) is 0 Å². The molecule has 0 amide bonds. The van der Waals surface area contributed by atoms with E-state index in [9.17, 15) is 13.2 Å². The van der Waals surface area contributed by atoms with Gasteiger partial charge < -0.3 is 4.74 Å². The zero-order valence-corrected chi connectivity index (χ0v) is 8.51. The molecule has 1 aromatic carbocycles. The lowest BCUT2D eigenvalue weighted by Crippen LogP contribution is -2.00. The van der Waals surface area contributed by atoms with Crippen molar-refractivity contribution < 1.29 is 17.9 Å². The zero-order valence-electron chi connectivity index (χ0n) is 6.92. The largest absolute Gasteiger partial charge is 0.491 e. The van der Waals surface area contributed by atoms with E-state index in [2.05, 4.69) is 20.7 Å². The van der Waals surface area contributed by atoms with Gasteiger partial charge in [-0.2, -0.15) is 4.39 Å². The number of halogens is 4. The number of methoxy groups -OCH3 is 1. The topological polar surface area (TPSA) is 9.23 Å². The van der Waals surface area contributed by atoms with Crippen molar-refractivity contribution in [3.05, 3.63) is 27.5 Å². The smallest absolute Gasteiger partial charge is 0.204 e. The van der Waals surface area contributed by atoms with Crippen LogP contribution >= 0.6 is 15.9 Å². The van der Waals surface area contributed by atoms with Gasteiger partial charge in [0.15, 0.2) is 17.4 Å². The minimum atomic E-state index is -1.32. The lowest BCUT2D eigenvalue weighted by atomic mass is 10.2. The van der Waals surface area contributed by atoms with E-state index in [0.29, 0.717) is 0 Å². The van der Waals surface area contributed by atoms with E-state index in [0.717, 1.165) is 7.11 Å². The van der Waals surface area contributed by atoms with Crippen molar-refractivity contribution in [1.29, 1.82) is 0 Å². The molecule has 1 rings (SSSR count). The first-order valence-electron chi connectivity index (χ1n) is 3.37. The standard InChI is InChI=1S/C8H6BrF3O/c1-3-4(9)6(11)7(12)8(13-2)5(3)10/h1-2H3. The fourth-order valence-corrected chi connectivity index (χ4v) is 1.25. The lowest BCUT2D eigenvalue weighted by Gasteiger charge is -2.08. The van der Waals surface area contributed by atoms with Crippen molar-refractivity contribution in [2.45, 2.75) is 6.92 Å². The summed E-state index contributed by atoms with van der Waals surface area (Å²) in [6.07, 6.45) is 0. The Kier molecular flexibility index (Phi) is 2.85. The summed E-state index contributed by atoms with van der Waals surface area (Å²) < 4.78 is 43.2. The second-order valence-corrected chi connectivity index (χ2v) is 3.21. The zero-order chi connectivity index (χ0) is 10.2. The first-order chi connectivity index (χ1) is 6.00. The Hall–Kier alpha value is -0.710. The SMILES string of the molecule is COc1c(F)c(C)c(Br)c(F)c1F. The third kappa shape index (κ3) is 1.52. The monoisotopic (exact) mass is 254 g/mol. The van der Waals surface area contributed by atoms with E-state index < -0.39 is 23.2 Å². The highest BCUT2D eigenvalue weighted by Gasteiger charge is 2.21. The van der Waals surface area contributed by atoms with Gasteiger partial charge in [0.2, 0.25) is 5.82 Å². The molecule has 0 spiro atoms. The second kappa shape index (κ2) is 3.57. The summed E-state index contributed by atoms with van der Waals surface area (Å²) in [4.78, 5) is 0. The molecule has 0 aliphatic carbocycles. The molecule has 0 saturated heterocycles. The highest BCUT2D eigenvalue weighted by Crippen LogP contribution is 2.32. The molecule has 1 nitrogen and oxygen atoms in total. The maximum atomic E-state index is 13.1. The van der Waals surface area contributed by atoms with Gasteiger partial charge in [-0.3, -0.25) is 0 Å². The van der Waals surface area contributed by atoms with Gasteiger partial charge in [0.25, 0.3) is 0 Å². The third-order valence-corrected chi connectivity index (χ3v) is 2.59. The Bertz CT molecular complexity index is 323. The van der Waals surface area contributed by atoms with Crippen LogP contribution in [-0.2, 0) is 0 Å². The maximum Gasteiger partial charge on any atom is 0.204 e. The molecule has 0 bridgehead atoms. The molecule has 1 aromatic rings. The van der Waals surface area contributed by atoms with Gasteiger partial charge in [-0.25, -0.2) is 8.78 Å². The lowest BCUT2D eigenvalue weighted by molar-refractivity contribution is 0.344. The van der Waals surface area contributed by atoms with E-state index in [1.54, 1.807) is 0 Å². The summed E-state index contributed by atoms with van der Waals surface area (Å²) in [5.74, 6) is -4.06. The van der Waals surface area contributed by atoms with Crippen LogP contribution in [0.15, 0.2) is 4.47 Å². The number of ether oxygens (including phenoxy) is 1. The Morgan fingerprint density at radius 3 is 2.08 bits per heavy atom. The molecule has 0 radical (unpaired) electrons. The van der Waals surface area contributed by atoms with Crippen molar-refractivity contribution in [3.8, 4) is 5.75 Å². The van der Waals surface area contributed by atoms with E-state index in [4.69, 9.17) is 0 Å². The summed E-state index contributed by atoms with van der Waals surface area (Å²) in [5, 5.41) is 0. The van der Waals surface area contributed by atoms with Gasteiger partial charge in [0, 0.05) is 5.56 Å². The van der Waals surface area contributed by atoms with Crippen LogP contribution in [0.1, 0.15) is 5.56 Å². The molecular weight excluding hydrogens is 249 g/mol. The number of hydrogen-bond acceptors (Lipinski definition) is 1. The van der Waals surface area contributed by atoms with Crippen LogP contribution in [0, 0.1) is 24.4 Å². The van der Waals surface area contributed by atoms with Crippen LogP contribution in [0.3, 0.4) is 0 Å². The predicted octanol–water partition coefficient (Wildman–Crippen LogP) is 3.18.